The fourth-order valence-corrected chi connectivity index (χ4v) is 2.60. The van der Waals surface area contributed by atoms with Gasteiger partial charge in [0.1, 0.15) is 5.82 Å². The molecule has 19 heavy (non-hydrogen) atoms. The highest BCUT2D eigenvalue weighted by Gasteiger charge is 2.27. The number of nitrogens with two attached hydrogens (primary N) is 1. The number of hydrogen-bond donors (Lipinski definition) is 2. The summed E-state index contributed by atoms with van der Waals surface area (Å²) in [6, 6.07) is 3.64. The van der Waals surface area contributed by atoms with Crippen LogP contribution < -0.4 is 10.6 Å². The van der Waals surface area contributed by atoms with Gasteiger partial charge in [0, 0.05) is 24.3 Å². The molecule has 0 bridgehead atoms. The molecule has 0 spiro atoms. The van der Waals surface area contributed by atoms with E-state index in [1.165, 1.54) is 6.42 Å². The number of rotatable bonds is 5. The van der Waals surface area contributed by atoms with E-state index in [1.54, 1.807) is 13.0 Å². The van der Waals surface area contributed by atoms with Gasteiger partial charge in [-0.15, -0.1) is 0 Å². The van der Waals surface area contributed by atoms with Gasteiger partial charge in [-0.3, -0.25) is 0 Å². The zero-order chi connectivity index (χ0) is 14.0. The summed E-state index contributed by atoms with van der Waals surface area (Å²) in [5, 5.41) is 9.27. The molecule has 2 rings (SSSR count). The third-order valence-corrected chi connectivity index (χ3v) is 3.96. The Kier molecular flexibility index (Phi) is 4.42. The van der Waals surface area contributed by atoms with E-state index in [0.29, 0.717) is 18.2 Å². The molecule has 0 radical (unpaired) electrons. The standard InChI is InChI=1S/C15H23FN2O/c1-10-8-15(13(11(2)17)9-14(10)16)18(6-7-19)12-4-3-5-12/h8-9,11-12,19H,3-7,17H2,1-2H3/t11-/m1/s1. The Labute approximate surface area is 114 Å². The van der Waals surface area contributed by atoms with Crippen molar-refractivity contribution >= 4 is 5.69 Å². The number of nitrogens with zero attached hydrogens (tertiary/aromatic N) is 1. The monoisotopic (exact) mass is 266 g/mol. The SMILES string of the molecule is Cc1cc(N(CCO)C2CCC2)c([C@@H](C)N)cc1F. The maximum absolute atomic E-state index is 13.7. The molecule has 3 nitrogen and oxygen atoms in total. The number of aryl methyl sites for hydroxylation is 1. The molecule has 0 heterocycles. The van der Waals surface area contributed by atoms with Crippen molar-refractivity contribution in [2.45, 2.75) is 45.2 Å². The lowest BCUT2D eigenvalue weighted by Crippen LogP contribution is -2.42. The van der Waals surface area contributed by atoms with Gasteiger partial charge in [-0.25, -0.2) is 4.39 Å². The predicted octanol–water partition coefficient (Wildman–Crippen LogP) is 2.51. The van der Waals surface area contributed by atoms with Crippen molar-refractivity contribution < 1.29 is 9.50 Å². The van der Waals surface area contributed by atoms with E-state index in [-0.39, 0.29) is 18.5 Å². The van der Waals surface area contributed by atoms with Gasteiger partial charge < -0.3 is 15.7 Å². The van der Waals surface area contributed by atoms with Gasteiger partial charge in [-0.2, -0.15) is 0 Å². The normalized spacial score (nSPS) is 17.1. The summed E-state index contributed by atoms with van der Waals surface area (Å²) in [4.78, 5) is 2.19. The van der Waals surface area contributed by atoms with Crippen molar-refractivity contribution in [3.8, 4) is 0 Å². The lowest BCUT2D eigenvalue weighted by Gasteiger charge is -2.40. The van der Waals surface area contributed by atoms with Crippen LogP contribution in [-0.2, 0) is 0 Å². The van der Waals surface area contributed by atoms with Crippen LogP contribution in [0.4, 0.5) is 10.1 Å². The summed E-state index contributed by atoms with van der Waals surface area (Å²) < 4.78 is 13.7. The minimum absolute atomic E-state index is 0.102. The minimum atomic E-state index is -0.216. The van der Waals surface area contributed by atoms with Crippen LogP contribution in [-0.4, -0.2) is 24.3 Å². The summed E-state index contributed by atoms with van der Waals surface area (Å²) in [6.07, 6.45) is 3.49. The lowest BCUT2D eigenvalue weighted by atomic mass is 9.90. The van der Waals surface area contributed by atoms with Gasteiger partial charge in [-0.05, 0) is 56.4 Å². The van der Waals surface area contributed by atoms with E-state index in [9.17, 15) is 9.50 Å². The molecule has 1 saturated carbocycles. The Morgan fingerprint density at radius 2 is 2.16 bits per heavy atom. The molecule has 0 saturated heterocycles. The second-order valence-electron chi connectivity index (χ2n) is 5.45. The zero-order valence-corrected chi connectivity index (χ0v) is 11.7. The van der Waals surface area contributed by atoms with Gasteiger partial charge >= 0.3 is 0 Å². The van der Waals surface area contributed by atoms with Gasteiger partial charge in [0.2, 0.25) is 0 Å². The van der Waals surface area contributed by atoms with Crippen molar-refractivity contribution in [3.05, 3.63) is 29.1 Å². The Morgan fingerprint density at radius 3 is 2.63 bits per heavy atom. The van der Waals surface area contributed by atoms with Gasteiger partial charge in [0.25, 0.3) is 0 Å². The highest BCUT2D eigenvalue weighted by molar-refractivity contribution is 5.58. The molecule has 4 heteroatoms. The van der Waals surface area contributed by atoms with E-state index in [4.69, 9.17) is 5.73 Å². The maximum Gasteiger partial charge on any atom is 0.126 e. The molecular weight excluding hydrogens is 243 g/mol. The third-order valence-electron chi connectivity index (χ3n) is 3.96. The van der Waals surface area contributed by atoms with Crippen LogP contribution in [0.5, 0.6) is 0 Å². The summed E-state index contributed by atoms with van der Waals surface area (Å²) >= 11 is 0. The van der Waals surface area contributed by atoms with E-state index in [1.807, 2.05) is 13.0 Å². The number of hydrogen-bond acceptors (Lipinski definition) is 3. The first kappa shape index (κ1) is 14.3. The van der Waals surface area contributed by atoms with E-state index >= 15 is 0 Å². The quantitative estimate of drug-likeness (QED) is 0.861. The van der Waals surface area contributed by atoms with Crippen molar-refractivity contribution in [1.29, 1.82) is 0 Å². The second kappa shape index (κ2) is 5.88. The molecule has 0 unspecified atom stereocenters. The lowest BCUT2D eigenvalue weighted by molar-refractivity contribution is 0.283. The first-order valence-electron chi connectivity index (χ1n) is 6.97. The fraction of sp³-hybridized carbons (Fsp3) is 0.600. The number of aliphatic hydroxyl groups is 1. The van der Waals surface area contributed by atoms with Crippen molar-refractivity contribution in [2.24, 2.45) is 5.73 Å². The third kappa shape index (κ3) is 2.90. The molecule has 1 aromatic carbocycles. The highest BCUT2D eigenvalue weighted by Crippen LogP contribution is 2.34. The summed E-state index contributed by atoms with van der Waals surface area (Å²) in [5.74, 6) is -0.214. The van der Waals surface area contributed by atoms with Gasteiger partial charge in [0.05, 0.1) is 6.61 Å². The number of benzene rings is 1. The molecule has 0 amide bonds. The Bertz CT molecular complexity index is 444. The van der Waals surface area contributed by atoms with Gasteiger partial charge in [0.15, 0.2) is 0 Å². The summed E-state index contributed by atoms with van der Waals surface area (Å²) in [7, 11) is 0. The number of anilines is 1. The van der Waals surface area contributed by atoms with Crippen LogP contribution in [0.25, 0.3) is 0 Å². The topological polar surface area (TPSA) is 49.5 Å². The molecular formula is C15H23FN2O. The summed E-state index contributed by atoms with van der Waals surface area (Å²) in [5.41, 5.74) is 8.40. The molecule has 1 aliphatic rings. The number of aliphatic hydroxyl groups excluding tert-OH is 1. The van der Waals surface area contributed by atoms with Crippen LogP contribution in [0, 0.1) is 12.7 Å². The van der Waals surface area contributed by atoms with Crippen LogP contribution in [0.2, 0.25) is 0 Å². The van der Waals surface area contributed by atoms with Crippen LogP contribution in [0.15, 0.2) is 12.1 Å². The van der Waals surface area contributed by atoms with Crippen LogP contribution in [0.3, 0.4) is 0 Å². The molecule has 106 valence electrons. The van der Waals surface area contributed by atoms with Crippen molar-refractivity contribution in [2.75, 3.05) is 18.1 Å². The van der Waals surface area contributed by atoms with Crippen molar-refractivity contribution in [1.82, 2.24) is 0 Å². The Balaban J connectivity index is 2.41. The minimum Gasteiger partial charge on any atom is -0.395 e. The molecule has 3 N–H and O–H groups in total. The highest BCUT2D eigenvalue weighted by atomic mass is 19.1. The van der Waals surface area contributed by atoms with E-state index in [2.05, 4.69) is 4.90 Å². The first-order chi connectivity index (χ1) is 9.04. The Morgan fingerprint density at radius 1 is 1.47 bits per heavy atom. The van der Waals surface area contributed by atoms with Crippen molar-refractivity contribution in [3.63, 3.8) is 0 Å². The predicted molar refractivity (Wildman–Crippen MR) is 75.8 cm³/mol. The fourth-order valence-electron chi connectivity index (χ4n) is 2.60. The Hall–Kier alpha value is -1.13. The average molecular weight is 266 g/mol. The van der Waals surface area contributed by atoms with E-state index in [0.717, 1.165) is 24.1 Å². The second-order valence-corrected chi connectivity index (χ2v) is 5.45. The van der Waals surface area contributed by atoms with Crippen LogP contribution in [0.1, 0.15) is 43.4 Å². The molecule has 1 fully saturated rings. The summed E-state index contributed by atoms with van der Waals surface area (Å²) in [6.45, 7) is 4.31. The molecule has 1 aliphatic carbocycles. The molecule has 1 atom stereocenters. The zero-order valence-electron chi connectivity index (χ0n) is 11.7. The smallest absolute Gasteiger partial charge is 0.126 e. The maximum atomic E-state index is 13.7. The first-order valence-corrected chi connectivity index (χ1v) is 6.97. The largest absolute Gasteiger partial charge is 0.395 e. The molecule has 0 aliphatic heterocycles. The molecule has 0 aromatic heterocycles. The van der Waals surface area contributed by atoms with Crippen LogP contribution >= 0.6 is 0 Å². The molecule has 1 aromatic rings. The number of halogens is 1. The van der Waals surface area contributed by atoms with E-state index < -0.39 is 0 Å². The average Bonchev–Trinajstić information content (AvgIpc) is 2.29. The van der Waals surface area contributed by atoms with Gasteiger partial charge in [-0.1, -0.05) is 0 Å².